The average molecular weight is 539 g/mol. The molecule has 212 valence electrons. The number of primary amides is 1. The van der Waals surface area contributed by atoms with Gasteiger partial charge in [0, 0.05) is 6.42 Å². The Kier molecular flexibility index (Phi) is 13.7. The Labute approximate surface area is 220 Å². The van der Waals surface area contributed by atoms with E-state index in [0.717, 1.165) is 0 Å². The van der Waals surface area contributed by atoms with Crippen molar-refractivity contribution < 1.29 is 39.3 Å². The Hall–Kier alpha value is -3.75. The lowest BCUT2D eigenvalue weighted by atomic mass is 10.0. The molecule has 0 fully saturated rings. The van der Waals surface area contributed by atoms with Crippen molar-refractivity contribution in [3.63, 3.8) is 0 Å². The molecule has 0 heterocycles. The van der Waals surface area contributed by atoms with Crippen molar-refractivity contribution in [3.8, 4) is 5.75 Å². The highest BCUT2D eigenvalue weighted by molar-refractivity contribution is 5.94. The van der Waals surface area contributed by atoms with Gasteiger partial charge in [0.1, 0.15) is 23.9 Å². The van der Waals surface area contributed by atoms with Crippen LogP contribution in [0.3, 0.4) is 0 Å². The van der Waals surface area contributed by atoms with Gasteiger partial charge in [0.15, 0.2) is 0 Å². The van der Waals surface area contributed by atoms with Crippen molar-refractivity contribution in [1.82, 2.24) is 16.0 Å². The average Bonchev–Trinajstić information content (AvgIpc) is 2.84. The van der Waals surface area contributed by atoms with Gasteiger partial charge < -0.3 is 48.5 Å². The predicted molar refractivity (Wildman–Crippen MR) is 136 cm³/mol. The summed E-state index contributed by atoms with van der Waals surface area (Å²) in [6, 6.07) is 0.743. The molecule has 0 saturated carbocycles. The van der Waals surface area contributed by atoms with E-state index in [2.05, 4.69) is 16.0 Å². The Balaban J connectivity index is 2.93. The van der Waals surface area contributed by atoms with Crippen LogP contribution in [0.4, 0.5) is 0 Å². The van der Waals surface area contributed by atoms with E-state index < -0.39 is 59.9 Å². The van der Waals surface area contributed by atoms with Gasteiger partial charge in [-0.25, -0.2) is 4.79 Å². The molecule has 38 heavy (non-hydrogen) atoms. The van der Waals surface area contributed by atoms with Crippen molar-refractivity contribution in [2.45, 2.75) is 75.7 Å². The minimum Gasteiger partial charge on any atom is -0.508 e. The first-order chi connectivity index (χ1) is 17.8. The maximum atomic E-state index is 12.9. The van der Waals surface area contributed by atoms with E-state index in [1.807, 2.05) is 0 Å². The summed E-state index contributed by atoms with van der Waals surface area (Å²) in [7, 11) is 0. The second-order valence-electron chi connectivity index (χ2n) is 8.95. The number of carboxylic acids is 1. The smallest absolute Gasteiger partial charge is 0.326 e. The fourth-order valence-corrected chi connectivity index (χ4v) is 3.48. The quantitative estimate of drug-likeness (QED) is 0.0947. The molecule has 0 aromatic heterocycles. The second-order valence-corrected chi connectivity index (χ2v) is 8.95. The number of hydrogen-bond donors (Lipinski definition) is 9. The van der Waals surface area contributed by atoms with Crippen molar-refractivity contribution in [3.05, 3.63) is 29.8 Å². The van der Waals surface area contributed by atoms with Gasteiger partial charge in [0.05, 0.1) is 12.1 Å². The number of amides is 4. The van der Waals surface area contributed by atoms with Gasteiger partial charge in [-0.1, -0.05) is 12.1 Å². The highest BCUT2D eigenvalue weighted by Gasteiger charge is 2.32. The van der Waals surface area contributed by atoms with E-state index in [1.165, 1.54) is 19.1 Å². The van der Waals surface area contributed by atoms with E-state index in [-0.39, 0.29) is 31.4 Å². The molecule has 5 atom stereocenters. The van der Waals surface area contributed by atoms with E-state index in [1.54, 1.807) is 12.1 Å². The van der Waals surface area contributed by atoms with Gasteiger partial charge in [-0.05, 0) is 63.3 Å². The largest absolute Gasteiger partial charge is 0.508 e. The highest BCUT2D eigenvalue weighted by atomic mass is 16.4. The number of rotatable bonds is 17. The summed E-state index contributed by atoms with van der Waals surface area (Å²) in [6.45, 7) is 1.59. The number of aliphatic hydroxyl groups is 1. The number of unbranched alkanes of at least 4 members (excludes halogenated alkanes) is 1. The van der Waals surface area contributed by atoms with Crippen molar-refractivity contribution >= 4 is 29.6 Å². The van der Waals surface area contributed by atoms with Crippen LogP contribution in [0.5, 0.6) is 5.75 Å². The first-order valence-electron chi connectivity index (χ1n) is 12.2. The molecule has 0 saturated heterocycles. The molecule has 14 nitrogen and oxygen atoms in total. The van der Waals surface area contributed by atoms with Gasteiger partial charge in [0.25, 0.3) is 0 Å². The van der Waals surface area contributed by atoms with Crippen molar-refractivity contribution in [2.75, 3.05) is 6.54 Å². The number of benzene rings is 1. The molecule has 0 radical (unpaired) electrons. The second kappa shape index (κ2) is 16.2. The minimum absolute atomic E-state index is 0.0396. The zero-order chi connectivity index (χ0) is 28.8. The third-order valence-corrected chi connectivity index (χ3v) is 5.67. The van der Waals surface area contributed by atoms with E-state index in [9.17, 15) is 39.3 Å². The summed E-state index contributed by atoms with van der Waals surface area (Å²) in [5.74, 6) is -4.59. The Morgan fingerprint density at radius 1 is 0.895 bits per heavy atom. The van der Waals surface area contributed by atoms with Crippen molar-refractivity contribution in [1.29, 1.82) is 0 Å². The minimum atomic E-state index is -1.52. The summed E-state index contributed by atoms with van der Waals surface area (Å²) >= 11 is 0. The number of nitrogens with one attached hydrogen (secondary N) is 3. The topological polar surface area (TPSA) is 260 Å². The molecule has 1 rings (SSSR count). The van der Waals surface area contributed by atoms with Crippen LogP contribution in [0.15, 0.2) is 24.3 Å². The summed E-state index contributed by atoms with van der Waals surface area (Å²) in [4.78, 5) is 61.3. The number of aromatic hydroxyl groups is 1. The molecule has 1 aromatic rings. The Morgan fingerprint density at radius 3 is 2.03 bits per heavy atom. The SMILES string of the molecule is CC(O)C(NC(=O)C(N)Cc1ccc(O)cc1)C(=O)NC(CCC(N)=O)C(=O)NC(CCCCN)C(=O)O. The number of carbonyl (C=O) groups is 5. The Bertz CT molecular complexity index is 956. The van der Waals surface area contributed by atoms with Gasteiger partial charge in [-0.2, -0.15) is 0 Å². The van der Waals surface area contributed by atoms with E-state index in [4.69, 9.17) is 17.2 Å². The molecule has 14 heteroatoms. The van der Waals surface area contributed by atoms with Crippen LogP contribution in [0.2, 0.25) is 0 Å². The molecular weight excluding hydrogens is 500 g/mol. The first kappa shape index (κ1) is 32.3. The lowest BCUT2D eigenvalue weighted by molar-refractivity contribution is -0.142. The lowest BCUT2D eigenvalue weighted by Crippen LogP contribution is -2.60. The number of aliphatic carboxylic acids is 1. The number of hydrogen-bond acceptors (Lipinski definition) is 9. The van der Waals surface area contributed by atoms with E-state index >= 15 is 0 Å². The van der Waals surface area contributed by atoms with Crippen LogP contribution in [0.25, 0.3) is 0 Å². The third kappa shape index (κ3) is 11.5. The standard InChI is InChI=1S/C24H38N6O8/c1-13(31)20(30-21(34)16(26)12-14-5-7-15(32)8-6-14)23(36)28-17(9-10-19(27)33)22(35)29-18(24(37)38)4-2-3-11-25/h5-8,13,16-18,20,31-32H,2-4,9-12,25-26H2,1H3,(H2,27,33)(H,28,36)(H,29,35)(H,30,34)(H,37,38). The predicted octanol–water partition coefficient (Wildman–Crippen LogP) is -2.42. The normalized spacial score (nSPS) is 14.8. The molecule has 1 aromatic carbocycles. The zero-order valence-corrected chi connectivity index (χ0v) is 21.3. The van der Waals surface area contributed by atoms with Crippen molar-refractivity contribution in [2.24, 2.45) is 17.2 Å². The zero-order valence-electron chi connectivity index (χ0n) is 21.3. The summed E-state index contributed by atoms with van der Waals surface area (Å²) in [5.41, 5.74) is 17.2. The van der Waals surface area contributed by atoms with Gasteiger partial charge in [0.2, 0.25) is 23.6 Å². The molecular formula is C24H38N6O8. The van der Waals surface area contributed by atoms with Gasteiger partial charge >= 0.3 is 5.97 Å². The summed E-state index contributed by atoms with van der Waals surface area (Å²) < 4.78 is 0. The number of aliphatic hydroxyl groups excluding tert-OH is 1. The highest BCUT2D eigenvalue weighted by Crippen LogP contribution is 2.11. The summed E-state index contributed by atoms with van der Waals surface area (Å²) in [6.07, 6.45) is -0.790. The molecule has 5 unspecified atom stereocenters. The molecule has 0 aliphatic carbocycles. The molecule has 0 spiro atoms. The molecule has 0 bridgehead atoms. The number of phenols is 1. The number of nitrogens with two attached hydrogens (primary N) is 3. The number of carbonyl (C=O) groups excluding carboxylic acids is 4. The third-order valence-electron chi connectivity index (χ3n) is 5.67. The molecule has 4 amide bonds. The number of phenolic OH excluding ortho intramolecular Hbond substituents is 1. The molecule has 0 aliphatic heterocycles. The maximum absolute atomic E-state index is 12.9. The number of carboxylic acid groups (broad SMARTS) is 1. The summed E-state index contributed by atoms with van der Waals surface area (Å²) in [5, 5.41) is 36.0. The van der Waals surface area contributed by atoms with Crippen LogP contribution >= 0.6 is 0 Å². The van der Waals surface area contributed by atoms with Crippen LogP contribution in [0.1, 0.15) is 44.6 Å². The van der Waals surface area contributed by atoms with Crippen LogP contribution in [-0.2, 0) is 30.4 Å². The van der Waals surface area contributed by atoms with Crippen LogP contribution < -0.4 is 33.2 Å². The molecule has 0 aliphatic rings. The van der Waals surface area contributed by atoms with E-state index in [0.29, 0.717) is 24.9 Å². The fraction of sp³-hybridized carbons (Fsp3) is 0.542. The maximum Gasteiger partial charge on any atom is 0.326 e. The van der Waals surface area contributed by atoms with Crippen LogP contribution in [-0.4, -0.2) is 81.7 Å². The van der Waals surface area contributed by atoms with Crippen LogP contribution in [0, 0.1) is 0 Å². The fourth-order valence-electron chi connectivity index (χ4n) is 3.48. The lowest BCUT2D eigenvalue weighted by Gasteiger charge is -2.26. The van der Waals surface area contributed by atoms with Gasteiger partial charge in [-0.3, -0.25) is 19.2 Å². The van der Waals surface area contributed by atoms with Gasteiger partial charge in [-0.15, -0.1) is 0 Å². The monoisotopic (exact) mass is 538 g/mol. The Morgan fingerprint density at radius 2 is 1.50 bits per heavy atom. The molecule has 12 N–H and O–H groups in total. The first-order valence-corrected chi connectivity index (χ1v) is 12.2.